The van der Waals surface area contributed by atoms with Crippen molar-refractivity contribution in [3.63, 3.8) is 0 Å². The van der Waals surface area contributed by atoms with Crippen molar-refractivity contribution in [1.82, 2.24) is 4.98 Å². The molecule has 0 aliphatic carbocycles. The zero-order valence-electron chi connectivity index (χ0n) is 15.4. The van der Waals surface area contributed by atoms with E-state index in [9.17, 15) is 24.5 Å². The standard InChI is InChI=1S/C21H20FNO4.Na/c22-14-7-5-13(6-8-14)21-17-3-1-2-4-18(17)23-19(21)10-9-15(24)11-16(25)12-20(26)27;/h1-10,15-16,23-25H,11-12H2,(H,26,27);/q;+1/p-1/b10-9+;/t15-,16-;/m1./s1. The number of halogens is 1. The Bertz CT molecular complexity index is 968. The smallest absolute Gasteiger partial charge is 0.550 e. The minimum atomic E-state index is -1.37. The Morgan fingerprint density at radius 3 is 2.50 bits per heavy atom. The number of aliphatic hydroxyl groups is 2. The first kappa shape index (κ1) is 22.3. The van der Waals surface area contributed by atoms with Crippen molar-refractivity contribution in [3.05, 3.63) is 66.1 Å². The zero-order valence-corrected chi connectivity index (χ0v) is 17.4. The molecule has 0 bridgehead atoms. The number of aromatic amines is 1. The van der Waals surface area contributed by atoms with Crippen molar-refractivity contribution >= 4 is 22.9 Å². The van der Waals surface area contributed by atoms with Crippen molar-refractivity contribution < 1.29 is 54.1 Å². The summed E-state index contributed by atoms with van der Waals surface area (Å²) < 4.78 is 13.3. The number of H-pyrrole nitrogens is 1. The molecule has 3 rings (SSSR count). The fraction of sp³-hybridized carbons (Fsp3) is 0.190. The molecule has 2 atom stereocenters. The molecule has 5 nitrogen and oxygen atoms in total. The first-order valence-electron chi connectivity index (χ1n) is 8.55. The maximum absolute atomic E-state index is 13.3. The first-order chi connectivity index (χ1) is 12.9. The van der Waals surface area contributed by atoms with Crippen LogP contribution in [0, 0.1) is 5.82 Å². The Hall–Kier alpha value is -1.96. The van der Waals surface area contributed by atoms with Gasteiger partial charge in [-0.2, -0.15) is 0 Å². The van der Waals surface area contributed by atoms with Crippen LogP contribution in [0.5, 0.6) is 0 Å². The molecule has 1 heterocycles. The average Bonchev–Trinajstić information content (AvgIpc) is 2.98. The van der Waals surface area contributed by atoms with Gasteiger partial charge in [0.1, 0.15) is 5.82 Å². The van der Waals surface area contributed by atoms with Crippen molar-refractivity contribution in [1.29, 1.82) is 0 Å². The van der Waals surface area contributed by atoms with Crippen LogP contribution in [0.15, 0.2) is 54.6 Å². The molecule has 0 saturated heterocycles. The molecule has 2 aromatic carbocycles. The molecule has 0 aliphatic heterocycles. The number of carboxylic acid groups (broad SMARTS) is 1. The molecule has 3 aromatic rings. The number of para-hydroxylation sites is 1. The molecule has 7 heteroatoms. The second-order valence-corrected chi connectivity index (χ2v) is 6.36. The van der Waals surface area contributed by atoms with E-state index in [4.69, 9.17) is 0 Å². The topological polar surface area (TPSA) is 96.4 Å². The van der Waals surface area contributed by atoms with Crippen LogP contribution >= 0.6 is 0 Å². The van der Waals surface area contributed by atoms with Crippen LogP contribution in [-0.2, 0) is 4.79 Å². The summed E-state index contributed by atoms with van der Waals surface area (Å²) in [6.45, 7) is 0. The summed E-state index contributed by atoms with van der Waals surface area (Å²) in [7, 11) is 0. The minimum absolute atomic E-state index is 0. The van der Waals surface area contributed by atoms with Crippen molar-refractivity contribution in [3.8, 4) is 11.1 Å². The third kappa shape index (κ3) is 5.53. The number of hydrogen-bond acceptors (Lipinski definition) is 4. The van der Waals surface area contributed by atoms with Crippen LogP contribution in [0.3, 0.4) is 0 Å². The molecular formula is C21H19FNNaO4. The SMILES string of the molecule is O=C([O-])C[C@H](O)C[C@H](O)/C=C/c1[nH]c2ccccc2c1-c1ccc(F)cc1.[Na+]. The third-order valence-electron chi connectivity index (χ3n) is 4.27. The molecule has 28 heavy (non-hydrogen) atoms. The number of aliphatic carboxylic acids is 1. The molecule has 0 saturated carbocycles. The number of carboxylic acids is 1. The van der Waals surface area contributed by atoms with Gasteiger partial charge in [-0.25, -0.2) is 4.39 Å². The normalized spacial score (nSPS) is 13.4. The van der Waals surface area contributed by atoms with Crippen molar-refractivity contribution in [2.75, 3.05) is 0 Å². The van der Waals surface area contributed by atoms with Gasteiger partial charge in [0.15, 0.2) is 0 Å². The number of nitrogens with one attached hydrogen (secondary N) is 1. The van der Waals surface area contributed by atoms with E-state index in [0.29, 0.717) is 0 Å². The van der Waals surface area contributed by atoms with Crippen LogP contribution in [0.1, 0.15) is 18.5 Å². The number of aliphatic hydroxyl groups excluding tert-OH is 2. The van der Waals surface area contributed by atoms with Gasteiger partial charge in [0, 0.05) is 41.0 Å². The predicted octanol–water partition coefficient (Wildman–Crippen LogP) is -0.757. The van der Waals surface area contributed by atoms with E-state index in [1.807, 2.05) is 24.3 Å². The van der Waals surface area contributed by atoms with Crippen LogP contribution in [0.25, 0.3) is 28.1 Å². The Balaban J connectivity index is 0.00000280. The Morgan fingerprint density at radius 2 is 1.82 bits per heavy atom. The fourth-order valence-electron chi connectivity index (χ4n) is 3.06. The molecule has 3 N–H and O–H groups in total. The number of rotatable bonds is 7. The molecule has 140 valence electrons. The molecule has 0 unspecified atom stereocenters. The minimum Gasteiger partial charge on any atom is -0.550 e. The molecule has 0 spiro atoms. The van der Waals surface area contributed by atoms with Gasteiger partial charge in [-0.05, 0) is 29.8 Å². The monoisotopic (exact) mass is 391 g/mol. The van der Waals surface area contributed by atoms with Crippen LogP contribution in [0.4, 0.5) is 4.39 Å². The summed E-state index contributed by atoms with van der Waals surface area (Å²) in [6, 6.07) is 13.8. The molecule has 0 aliphatic rings. The van der Waals surface area contributed by atoms with E-state index in [2.05, 4.69) is 4.98 Å². The molecule has 1 aromatic heterocycles. The summed E-state index contributed by atoms with van der Waals surface area (Å²) in [5.41, 5.74) is 3.29. The van der Waals surface area contributed by atoms with E-state index in [-0.39, 0.29) is 41.8 Å². The summed E-state index contributed by atoms with van der Waals surface area (Å²) in [5.74, 6) is -1.69. The third-order valence-corrected chi connectivity index (χ3v) is 4.27. The molecular weight excluding hydrogens is 372 g/mol. The van der Waals surface area contributed by atoms with Gasteiger partial charge in [0.25, 0.3) is 0 Å². The summed E-state index contributed by atoms with van der Waals surface area (Å²) >= 11 is 0. The van der Waals surface area contributed by atoms with Crippen LogP contribution in [-0.4, -0.2) is 33.4 Å². The summed E-state index contributed by atoms with van der Waals surface area (Å²) in [5, 5.41) is 31.1. The van der Waals surface area contributed by atoms with Gasteiger partial charge in [-0.1, -0.05) is 36.4 Å². The summed E-state index contributed by atoms with van der Waals surface area (Å²) in [4.78, 5) is 13.8. The Kier molecular flexibility index (Phi) is 7.98. The first-order valence-corrected chi connectivity index (χ1v) is 8.55. The number of benzene rings is 2. The van der Waals surface area contributed by atoms with E-state index in [1.165, 1.54) is 18.2 Å². The van der Waals surface area contributed by atoms with Gasteiger partial charge in [0.05, 0.1) is 12.2 Å². The van der Waals surface area contributed by atoms with E-state index in [0.717, 1.165) is 27.7 Å². The largest absolute Gasteiger partial charge is 1.00 e. The maximum atomic E-state index is 13.3. The Morgan fingerprint density at radius 1 is 1.14 bits per heavy atom. The molecule has 0 radical (unpaired) electrons. The van der Waals surface area contributed by atoms with Gasteiger partial charge in [-0.15, -0.1) is 0 Å². The van der Waals surface area contributed by atoms with E-state index < -0.39 is 24.6 Å². The van der Waals surface area contributed by atoms with E-state index >= 15 is 0 Å². The van der Waals surface area contributed by atoms with Gasteiger partial charge in [-0.3, -0.25) is 0 Å². The van der Waals surface area contributed by atoms with E-state index in [1.54, 1.807) is 18.2 Å². The van der Waals surface area contributed by atoms with Gasteiger partial charge < -0.3 is 25.1 Å². The van der Waals surface area contributed by atoms with Crippen LogP contribution in [0.2, 0.25) is 0 Å². The Labute approximate surface area is 183 Å². The van der Waals surface area contributed by atoms with Crippen LogP contribution < -0.4 is 34.7 Å². The summed E-state index contributed by atoms with van der Waals surface area (Å²) in [6.07, 6.45) is 0.306. The average molecular weight is 391 g/mol. The number of carbonyl (C=O) groups is 1. The van der Waals surface area contributed by atoms with Gasteiger partial charge >= 0.3 is 29.6 Å². The number of fused-ring (bicyclic) bond motifs is 1. The van der Waals surface area contributed by atoms with Crippen molar-refractivity contribution in [2.24, 2.45) is 0 Å². The molecule has 0 amide bonds. The quantitative estimate of drug-likeness (QED) is 0.462. The zero-order chi connectivity index (χ0) is 19.4. The van der Waals surface area contributed by atoms with Gasteiger partial charge in [0.2, 0.25) is 0 Å². The second-order valence-electron chi connectivity index (χ2n) is 6.36. The second kappa shape index (κ2) is 10.0. The predicted molar refractivity (Wildman–Crippen MR) is 99.0 cm³/mol. The molecule has 0 fully saturated rings. The number of hydrogen-bond donors (Lipinski definition) is 3. The fourth-order valence-corrected chi connectivity index (χ4v) is 3.06. The maximum Gasteiger partial charge on any atom is 1.00 e. The number of aromatic nitrogens is 1. The van der Waals surface area contributed by atoms with Crippen molar-refractivity contribution in [2.45, 2.75) is 25.0 Å². The number of carbonyl (C=O) groups excluding carboxylic acids is 1.